The van der Waals surface area contributed by atoms with Crippen molar-refractivity contribution in [3.8, 4) is 11.8 Å². The van der Waals surface area contributed by atoms with E-state index in [0.717, 1.165) is 12.2 Å². The summed E-state index contributed by atoms with van der Waals surface area (Å²) in [4.78, 5) is 14.4. The summed E-state index contributed by atoms with van der Waals surface area (Å²) < 4.78 is 5.64. The highest BCUT2D eigenvalue weighted by molar-refractivity contribution is 5.99. The molecule has 106 valence electrons. The zero-order valence-corrected chi connectivity index (χ0v) is 11.8. The van der Waals surface area contributed by atoms with Crippen LogP contribution in [-0.2, 0) is 0 Å². The number of hydrogen-bond acceptors (Lipinski definition) is 4. The van der Waals surface area contributed by atoms with E-state index in [9.17, 15) is 4.79 Å². The van der Waals surface area contributed by atoms with Crippen LogP contribution in [-0.4, -0.2) is 36.5 Å². The minimum Gasteiger partial charge on any atom is -0.489 e. The summed E-state index contributed by atoms with van der Waals surface area (Å²) in [5.41, 5.74) is 1.41. The van der Waals surface area contributed by atoms with Gasteiger partial charge < -0.3 is 15.0 Å². The van der Waals surface area contributed by atoms with Crippen molar-refractivity contribution in [3.63, 3.8) is 0 Å². The number of ether oxygens (including phenoxy) is 1. The number of anilines is 1. The van der Waals surface area contributed by atoms with Crippen LogP contribution < -0.4 is 10.1 Å². The Morgan fingerprint density at radius 2 is 2.35 bits per heavy atom. The number of carbonyl (C=O) groups is 1. The van der Waals surface area contributed by atoms with E-state index in [1.165, 1.54) is 0 Å². The molecule has 5 heteroatoms. The predicted molar refractivity (Wildman–Crippen MR) is 76.8 cm³/mol. The lowest BCUT2D eigenvalue weighted by molar-refractivity contribution is 0.0705. The zero-order valence-electron chi connectivity index (χ0n) is 11.8. The Hall–Kier alpha value is -2.22. The molecule has 0 unspecified atom stereocenters. The Morgan fingerprint density at radius 3 is 3.05 bits per heavy atom. The molecule has 0 fully saturated rings. The normalized spacial score (nSPS) is 12.9. The quantitative estimate of drug-likeness (QED) is 0.913. The van der Waals surface area contributed by atoms with Gasteiger partial charge in [0.1, 0.15) is 6.61 Å². The third-order valence-corrected chi connectivity index (χ3v) is 3.26. The predicted octanol–water partition coefficient (Wildman–Crippen LogP) is 2.26. The van der Waals surface area contributed by atoms with Gasteiger partial charge in [0, 0.05) is 19.1 Å². The Morgan fingerprint density at radius 1 is 1.55 bits per heavy atom. The van der Waals surface area contributed by atoms with E-state index in [2.05, 4.69) is 11.4 Å². The van der Waals surface area contributed by atoms with Gasteiger partial charge in [-0.25, -0.2) is 0 Å². The number of rotatable bonds is 4. The number of carbonyl (C=O) groups excluding carboxylic acids is 1. The van der Waals surface area contributed by atoms with E-state index in [1.807, 2.05) is 26.0 Å². The van der Waals surface area contributed by atoms with Crippen molar-refractivity contribution < 1.29 is 9.53 Å². The van der Waals surface area contributed by atoms with Crippen LogP contribution in [0.2, 0.25) is 0 Å². The smallest absolute Gasteiger partial charge is 0.257 e. The van der Waals surface area contributed by atoms with Gasteiger partial charge in [-0.05, 0) is 26.0 Å². The second-order valence-electron chi connectivity index (χ2n) is 4.96. The average molecular weight is 273 g/mol. The van der Waals surface area contributed by atoms with E-state index in [1.54, 1.807) is 11.0 Å². The van der Waals surface area contributed by atoms with Crippen LogP contribution in [0.1, 0.15) is 30.6 Å². The summed E-state index contributed by atoms with van der Waals surface area (Å²) in [6.45, 7) is 5.63. The van der Waals surface area contributed by atoms with E-state index >= 15 is 0 Å². The van der Waals surface area contributed by atoms with Gasteiger partial charge in [-0.2, -0.15) is 5.26 Å². The fourth-order valence-electron chi connectivity index (χ4n) is 2.26. The lowest BCUT2D eigenvalue weighted by Gasteiger charge is -2.28. The number of para-hydroxylation sites is 1. The van der Waals surface area contributed by atoms with Crippen molar-refractivity contribution in [2.45, 2.75) is 26.3 Å². The number of benzene rings is 1. The van der Waals surface area contributed by atoms with Gasteiger partial charge >= 0.3 is 0 Å². The van der Waals surface area contributed by atoms with Crippen LogP contribution in [0.5, 0.6) is 5.75 Å². The lowest BCUT2D eigenvalue weighted by atomic mass is 10.1. The van der Waals surface area contributed by atoms with Crippen LogP contribution in [0, 0.1) is 11.3 Å². The topological polar surface area (TPSA) is 65.4 Å². The number of nitriles is 1. The molecule has 0 aliphatic carbocycles. The van der Waals surface area contributed by atoms with E-state index in [4.69, 9.17) is 10.00 Å². The summed E-state index contributed by atoms with van der Waals surface area (Å²) in [6, 6.07) is 7.65. The van der Waals surface area contributed by atoms with E-state index in [0.29, 0.717) is 30.9 Å². The molecule has 0 aromatic heterocycles. The maximum atomic E-state index is 12.7. The van der Waals surface area contributed by atoms with Crippen molar-refractivity contribution in [2.75, 3.05) is 25.0 Å². The molecule has 1 amide bonds. The Balaban J connectivity index is 2.30. The van der Waals surface area contributed by atoms with Crippen LogP contribution in [0.3, 0.4) is 0 Å². The number of hydrogen-bond donors (Lipinski definition) is 1. The molecule has 1 heterocycles. The molecule has 1 aliphatic heterocycles. The number of nitrogens with zero attached hydrogens (tertiary/aromatic N) is 2. The monoisotopic (exact) mass is 273 g/mol. The molecular weight excluding hydrogens is 254 g/mol. The highest BCUT2D eigenvalue weighted by atomic mass is 16.5. The van der Waals surface area contributed by atoms with Crippen LogP contribution in [0.15, 0.2) is 18.2 Å². The molecule has 1 aromatic carbocycles. The van der Waals surface area contributed by atoms with E-state index < -0.39 is 0 Å². The molecule has 2 rings (SSSR count). The molecule has 20 heavy (non-hydrogen) atoms. The number of fused-ring (bicyclic) bond motifs is 1. The first-order valence-corrected chi connectivity index (χ1v) is 6.82. The summed E-state index contributed by atoms with van der Waals surface area (Å²) in [6.07, 6.45) is 0.331. The Kier molecular flexibility index (Phi) is 4.46. The van der Waals surface area contributed by atoms with E-state index in [-0.39, 0.29) is 11.9 Å². The van der Waals surface area contributed by atoms with Crippen molar-refractivity contribution in [2.24, 2.45) is 0 Å². The maximum absolute atomic E-state index is 12.7. The van der Waals surface area contributed by atoms with Crippen LogP contribution in [0.25, 0.3) is 0 Å². The van der Waals surface area contributed by atoms with Gasteiger partial charge in [-0.1, -0.05) is 6.07 Å². The minimum absolute atomic E-state index is 0.0447. The lowest BCUT2D eigenvalue weighted by Crippen LogP contribution is -2.38. The number of amides is 1. The zero-order chi connectivity index (χ0) is 14.5. The minimum atomic E-state index is -0.0872. The average Bonchev–Trinajstić information content (AvgIpc) is 2.46. The maximum Gasteiger partial charge on any atom is 0.257 e. The van der Waals surface area contributed by atoms with Gasteiger partial charge in [0.2, 0.25) is 0 Å². The third kappa shape index (κ3) is 2.85. The fraction of sp³-hybridized carbons (Fsp3) is 0.467. The van der Waals surface area contributed by atoms with Crippen molar-refractivity contribution in [3.05, 3.63) is 23.8 Å². The third-order valence-electron chi connectivity index (χ3n) is 3.26. The fourth-order valence-corrected chi connectivity index (χ4v) is 2.26. The van der Waals surface area contributed by atoms with Crippen molar-refractivity contribution in [1.82, 2.24) is 4.90 Å². The molecule has 5 nitrogen and oxygen atoms in total. The highest BCUT2D eigenvalue weighted by Crippen LogP contribution is 2.32. The number of nitrogens with one attached hydrogen (secondary N) is 1. The Bertz CT molecular complexity index is 534. The second-order valence-corrected chi connectivity index (χ2v) is 4.96. The first-order valence-electron chi connectivity index (χ1n) is 6.82. The van der Waals surface area contributed by atoms with Crippen LogP contribution in [0.4, 0.5) is 5.69 Å². The summed E-state index contributed by atoms with van der Waals surface area (Å²) in [5.74, 6) is 0.530. The van der Waals surface area contributed by atoms with Gasteiger partial charge in [-0.15, -0.1) is 0 Å². The molecule has 0 spiro atoms. The highest BCUT2D eigenvalue weighted by Gasteiger charge is 2.24. The Labute approximate surface area is 119 Å². The SMILES string of the molecule is CC(C)N(CCC#N)C(=O)c1cccc2c1OCCN2. The molecule has 0 saturated heterocycles. The molecule has 0 radical (unpaired) electrons. The standard InChI is InChI=1S/C15H19N3O2/c1-11(2)18(9-4-7-16)15(19)12-5-3-6-13-14(12)20-10-8-17-13/h3,5-6,11,17H,4,8-10H2,1-2H3. The largest absolute Gasteiger partial charge is 0.489 e. The van der Waals surface area contributed by atoms with Crippen molar-refractivity contribution in [1.29, 1.82) is 5.26 Å². The van der Waals surface area contributed by atoms with Gasteiger partial charge in [0.25, 0.3) is 5.91 Å². The molecular formula is C15H19N3O2. The molecule has 1 N–H and O–H groups in total. The van der Waals surface area contributed by atoms with Gasteiger partial charge in [0.05, 0.1) is 23.7 Å². The molecule has 0 saturated carbocycles. The van der Waals surface area contributed by atoms with Gasteiger partial charge in [0.15, 0.2) is 5.75 Å². The molecule has 1 aromatic rings. The summed E-state index contributed by atoms with van der Waals surface area (Å²) in [5, 5.41) is 11.9. The van der Waals surface area contributed by atoms with Crippen molar-refractivity contribution >= 4 is 11.6 Å². The summed E-state index contributed by atoms with van der Waals surface area (Å²) in [7, 11) is 0. The second kappa shape index (κ2) is 6.29. The van der Waals surface area contributed by atoms with Gasteiger partial charge in [-0.3, -0.25) is 4.79 Å². The first kappa shape index (κ1) is 14.2. The molecule has 0 bridgehead atoms. The summed E-state index contributed by atoms with van der Waals surface area (Å²) >= 11 is 0. The van der Waals surface area contributed by atoms with Crippen LogP contribution >= 0.6 is 0 Å². The first-order chi connectivity index (χ1) is 9.65. The molecule has 1 aliphatic rings. The molecule has 0 atom stereocenters.